The van der Waals surface area contributed by atoms with Gasteiger partial charge in [0, 0.05) is 30.9 Å². The molecule has 1 fully saturated rings. The summed E-state index contributed by atoms with van der Waals surface area (Å²) >= 11 is 0. The molecule has 0 bridgehead atoms. The molecule has 0 amide bonds. The van der Waals surface area contributed by atoms with Crippen LogP contribution in [0.2, 0.25) is 0 Å². The number of hydrogen-bond donors (Lipinski definition) is 2. The Kier molecular flexibility index (Phi) is 9.96. The molecule has 248 valence electrons. The number of allylic oxidation sites excluding steroid dienone is 1. The molecule has 2 heterocycles. The summed E-state index contributed by atoms with van der Waals surface area (Å²) in [6, 6.07) is 35.6. The zero-order chi connectivity index (χ0) is 34.3. The molecule has 1 atom stereocenters. The Balaban J connectivity index is 1.23. The molecule has 0 spiro atoms. The summed E-state index contributed by atoms with van der Waals surface area (Å²) in [4.78, 5) is 41.1. The highest BCUT2D eigenvalue weighted by Crippen LogP contribution is 2.40. The number of nitrogens with zero attached hydrogens (tertiary/aromatic N) is 2. The number of carbonyl (C=O) groups excluding carboxylic acids is 2. The number of esters is 2. The molecular formula is C39H36N4O6. The molecule has 0 saturated carbocycles. The number of non-ortho nitro benzene ring substituents is 1. The van der Waals surface area contributed by atoms with Crippen molar-refractivity contribution in [1.29, 1.82) is 0 Å². The van der Waals surface area contributed by atoms with E-state index in [0.717, 1.165) is 16.7 Å². The minimum Gasteiger partial charge on any atom is -0.458 e. The van der Waals surface area contributed by atoms with Crippen LogP contribution in [0.4, 0.5) is 5.69 Å². The summed E-state index contributed by atoms with van der Waals surface area (Å²) in [5.41, 5.74) is 10.2. The van der Waals surface area contributed by atoms with Crippen LogP contribution in [-0.4, -0.2) is 47.6 Å². The van der Waals surface area contributed by atoms with E-state index >= 15 is 0 Å². The lowest BCUT2D eigenvalue weighted by Gasteiger charge is -2.44. The first-order chi connectivity index (χ1) is 23.8. The maximum atomic E-state index is 14.0. The molecule has 4 aromatic rings. The highest BCUT2D eigenvalue weighted by Gasteiger charge is 2.42. The van der Waals surface area contributed by atoms with Crippen molar-refractivity contribution in [3.8, 4) is 0 Å². The maximum absolute atomic E-state index is 14.0. The van der Waals surface area contributed by atoms with Gasteiger partial charge in [-0.3, -0.25) is 15.0 Å². The number of nitrogens with one attached hydrogen (secondary N) is 1. The number of carbonyl (C=O) groups is 2. The molecule has 1 unspecified atom stereocenters. The summed E-state index contributed by atoms with van der Waals surface area (Å²) in [5, 5.41) is 14.7. The van der Waals surface area contributed by atoms with Gasteiger partial charge in [0.15, 0.2) is 0 Å². The molecule has 6 rings (SSSR count). The van der Waals surface area contributed by atoms with Crippen molar-refractivity contribution in [2.24, 2.45) is 5.73 Å². The maximum Gasteiger partial charge on any atom is 0.339 e. The van der Waals surface area contributed by atoms with Gasteiger partial charge in [0.25, 0.3) is 5.69 Å². The van der Waals surface area contributed by atoms with E-state index in [1.54, 1.807) is 19.1 Å². The predicted molar refractivity (Wildman–Crippen MR) is 186 cm³/mol. The smallest absolute Gasteiger partial charge is 0.339 e. The Labute approximate surface area is 284 Å². The molecule has 0 aliphatic carbocycles. The molecule has 10 heteroatoms. The van der Waals surface area contributed by atoms with Crippen molar-refractivity contribution in [1.82, 2.24) is 10.2 Å². The Morgan fingerprint density at radius 2 is 1.51 bits per heavy atom. The van der Waals surface area contributed by atoms with Crippen LogP contribution >= 0.6 is 0 Å². The zero-order valence-electron chi connectivity index (χ0n) is 26.9. The van der Waals surface area contributed by atoms with Gasteiger partial charge in [0.1, 0.15) is 18.5 Å². The van der Waals surface area contributed by atoms with Gasteiger partial charge in [0.05, 0.1) is 28.0 Å². The fourth-order valence-corrected chi connectivity index (χ4v) is 6.31. The first-order valence-electron chi connectivity index (χ1n) is 16.0. The third-order valence-electron chi connectivity index (χ3n) is 8.61. The highest BCUT2D eigenvalue weighted by molar-refractivity contribution is 6.00. The van der Waals surface area contributed by atoms with E-state index in [1.807, 2.05) is 72.8 Å². The van der Waals surface area contributed by atoms with Gasteiger partial charge >= 0.3 is 11.9 Å². The minimum absolute atomic E-state index is 0.00200. The molecule has 0 aromatic heterocycles. The van der Waals surface area contributed by atoms with Crippen LogP contribution in [0.15, 0.2) is 144 Å². The van der Waals surface area contributed by atoms with Crippen molar-refractivity contribution in [3.05, 3.63) is 176 Å². The molecule has 3 N–H and O–H groups in total. The van der Waals surface area contributed by atoms with Gasteiger partial charge < -0.3 is 20.5 Å². The molecule has 2 aliphatic rings. The van der Waals surface area contributed by atoms with Gasteiger partial charge in [-0.2, -0.15) is 0 Å². The first kappa shape index (κ1) is 32.9. The lowest BCUT2D eigenvalue weighted by atomic mass is 9.81. The van der Waals surface area contributed by atoms with E-state index < -0.39 is 28.9 Å². The molecule has 10 nitrogen and oxygen atoms in total. The third-order valence-corrected chi connectivity index (χ3v) is 8.61. The van der Waals surface area contributed by atoms with Crippen molar-refractivity contribution in [2.45, 2.75) is 25.0 Å². The molecule has 4 aromatic carbocycles. The number of benzene rings is 4. The summed E-state index contributed by atoms with van der Waals surface area (Å²) in [6.45, 7) is 2.56. The number of nitro groups is 1. The quantitative estimate of drug-likeness (QED) is 0.113. The summed E-state index contributed by atoms with van der Waals surface area (Å²) in [5.74, 6) is -2.48. The van der Waals surface area contributed by atoms with Crippen LogP contribution < -0.4 is 11.1 Å². The summed E-state index contributed by atoms with van der Waals surface area (Å²) in [7, 11) is 0. The Morgan fingerprint density at radius 3 is 2.12 bits per heavy atom. The van der Waals surface area contributed by atoms with E-state index in [9.17, 15) is 19.7 Å². The van der Waals surface area contributed by atoms with Crippen molar-refractivity contribution in [3.63, 3.8) is 0 Å². The van der Waals surface area contributed by atoms with Crippen LogP contribution in [0, 0.1) is 10.1 Å². The van der Waals surface area contributed by atoms with Crippen molar-refractivity contribution in [2.75, 3.05) is 19.7 Å². The average molecular weight is 657 g/mol. The Morgan fingerprint density at radius 1 is 0.898 bits per heavy atom. The van der Waals surface area contributed by atoms with Gasteiger partial charge in [-0.25, -0.2) is 9.59 Å². The standard InChI is InChI=1S/C39H36N4O6/c1-26-33(38(44)48-22-12-15-27-13-5-2-6-14-27)34(30-20-11-21-31(23-30)43(46)47)35(37(40)41-26)39(45)49-32-24-42(25-32)36(28-16-7-3-8-17-28)29-18-9-4-10-19-29/h2-21,23,32,34,36,41H,22,24-25,40H2,1H3. The molecule has 49 heavy (non-hydrogen) atoms. The second kappa shape index (κ2) is 14.8. The largest absolute Gasteiger partial charge is 0.458 e. The third kappa shape index (κ3) is 7.45. The Bertz CT molecular complexity index is 1880. The number of ether oxygens (including phenoxy) is 2. The fourth-order valence-electron chi connectivity index (χ4n) is 6.31. The van der Waals surface area contributed by atoms with Crippen molar-refractivity contribution < 1.29 is 24.0 Å². The number of nitrogens with two attached hydrogens (primary N) is 1. The number of dihydropyridines is 1. The zero-order valence-corrected chi connectivity index (χ0v) is 26.9. The average Bonchev–Trinajstić information content (AvgIpc) is 3.10. The number of nitro benzene ring substituents is 1. The van der Waals surface area contributed by atoms with E-state index in [0.29, 0.717) is 24.4 Å². The summed E-state index contributed by atoms with van der Waals surface area (Å²) < 4.78 is 11.6. The second-order valence-electron chi connectivity index (χ2n) is 11.9. The molecule has 2 aliphatic heterocycles. The fraction of sp³-hybridized carbons (Fsp3) is 0.179. The van der Waals surface area contributed by atoms with E-state index in [-0.39, 0.29) is 35.3 Å². The number of likely N-dealkylation sites (tertiary alicyclic amines) is 1. The van der Waals surface area contributed by atoms with Crippen LogP contribution in [0.3, 0.4) is 0 Å². The van der Waals surface area contributed by atoms with Gasteiger partial charge in [0.2, 0.25) is 0 Å². The van der Waals surface area contributed by atoms with Crippen LogP contribution in [0.25, 0.3) is 6.08 Å². The second-order valence-corrected chi connectivity index (χ2v) is 11.9. The lowest BCUT2D eigenvalue weighted by molar-refractivity contribution is -0.384. The van der Waals surface area contributed by atoms with Crippen LogP contribution in [0.5, 0.6) is 0 Å². The lowest BCUT2D eigenvalue weighted by Crippen LogP contribution is -2.54. The van der Waals surface area contributed by atoms with Crippen LogP contribution in [0.1, 0.15) is 41.1 Å². The SMILES string of the molecule is CC1=C(C(=O)OCC=Cc2ccccc2)C(c2cccc([N+](=O)[O-])c2)C(C(=O)OC2CN(C(c3ccccc3)c3ccccc3)C2)=C(N)N1. The van der Waals surface area contributed by atoms with Crippen LogP contribution in [-0.2, 0) is 19.1 Å². The first-order valence-corrected chi connectivity index (χ1v) is 16.0. The monoisotopic (exact) mass is 656 g/mol. The van der Waals surface area contributed by atoms with Gasteiger partial charge in [-0.05, 0) is 35.3 Å². The van der Waals surface area contributed by atoms with Crippen molar-refractivity contribution >= 4 is 23.7 Å². The number of hydrogen-bond acceptors (Lipinski definition) is 9. The minimum atomic E-state index is -1.07. The molecule has 0 radical (unpaired) electrons. The normalized spacial score (nSPS) is 16.7. The number of rotatable bonds is 11. The summed E-state index contributed by atoms with van der Waals surface area (Å²) in [6.07, 6.45) is 3.09. The predicted octanol–water partition coefficient (Wildman–Crippen LogP) is 6.00. The van der Waals surface area contributed by atoms with Gasteiger partial charge in [-0.15, -0.1) is 0 Å². The van der Waals surface area contributed by atoms with E-state index in [4.69, 9.17) is 15.2 Å². The van der Waals surface area contributed by atoms with E-state index in [1.165, 1.54) is 18.2 Å². The highest BCUT2D eigenvalue weighted by atomic mass is 16.6. The van der Waals surface area contributed by atoms with Gasteiger partial charge in [-0.1, -0.05) is 109 Å². The molecular weight excluding hydrogens is 620 g/mol. The topological polar surface area (TPSA) is 137 Å². The van der Waals surface area contributed by atoms with E-state index in [2.05, 4.69) is 34.5 Å². The molecule has 1 saturated heterocycles. The Hall–Kier alpha value is -6.00.